The van der Waals surface area contributed by atoms with Gasteiger partial charge in [0.2, 0.25) is 0 Å². The summed E-state index contributed by atoms with van der Waals surface area (Å²) in [6.45, 7) is 14.5. The molecule has 20 heavy (non-hydrogen) atoms. The molecule has 1 aliphatic heterocycles. The van der Waals surface area contributed by atoms with Crippen LogP contribution in [0.15, 0.2) is 43.0 Å². The first-order chi connectivity index (χ1) is 9.28. The Balaban J connectivity index is 2.19. The Morgan fingerprint density at radius 3 is 2.00 bits per heavy atom. The molecule has 2 atom stereocenters. The topological polar surface area (TPSA) is 18.5 Å². The van der Waals surface area contributed by atoms with Gasteiger partial charge in [0.1, 0.15) is 0 Å². The Labute approximate surface area is 123 Å². The Morgan fingerprint density at radius 1 is 1.05 bits per heavy atom. The van der Waals surface area contributed by atoms with Crippen LogP contribution in [0, 0.1) is 0 Å². The lowest BCUT2D eigenvalue weighted by Crippen LogP contribution is -2.41. The van der Waals surface area contributed by atoms with E-state index in [1.807, 2.05) is 12.1 Å². The lowest BCUT2D eigenvalue weighted by molar-refractivity contribution is 0.00578. The van der Waals surface area contributed by atoms with Crippen LogP contribution in [0.25, 0.3) is 0 Å². The highest BCUT2D eigenvalue weighted by Crippen LogP contribution is 2.43. The molecule has 1 aliphatic rings. The van der Waals surface area contributed by atoms with Crippen molar-refractivity contribution >= 4 is 7.12 Å². The maximum absolute atomic E-state index is 6.16. The molecule has 3 heteroatoms. The van der Waals surface area contributed by atoms with Crippen molar-refractivity contribution in [1.82, 2.24) is 0 Å². The molecule has 0 N–H and O–H groups in total. The highest BCUT2D eigenvalue weighted by Gasteiger charge is 2.53. The van der Waals surface area contributed by atoms with Crippen LogP contribution in [-0.4, -0.2) is 18.3 Å². The van der Waals surface area contributed by atoms with E-state index in [4.69, 9.17) is 9.31 Å². The molecule has 2 nitrogen and oxygen atoms in total. The zero-order valence-electron chi connectivity index (χ0n) is 13.2. The number of allylic oxidation sites excluding steroid dienone is 1. The second-order valence-corrected chi connectivity index (χ2v) is 6.66. The van der Waals surface area contributed by atoms with Gasteiger partial charge in [-0.2, -0.15) is 0 Å². The predicted octanol–water partition coefficient (Wildman–Crippen LogP) is 4.44. The maximum Gasteiger partial charge on any atom is 0.461 e. The Bertz CT molecular complexity index is 451. The third kappa shape index (κ3) is 2.70. The number of hydrogen-bond donors (Lipinski definition) is 0. The lowest BCUT2D eigenvalue weighted by Gasteiger charge is -2.32. The van der Waals surface area contributed by atoms with Crippen LogP contribution in [-0.2, 0) is 9.31 Å². The van der Waals surface area contributed by atoms with Crippen molar-refractivity contribution in [3.8, 4) is 0 Å². The molecule has 0 saturated carbocycles. The van der Waals surface area contributed by atoms with Gasteiger partial charge in [0.15, 0.2) is 0 Å². The van der Waals surface area contributed by atoms with E-state index >= 15 is 0 Å². The highest BCUT2D eigenvalue weighted by molar-refractivity contribution is 6.47. The van der Waals surface area contributed by atoms with E-state index < -0.39 is 0 Å². The zero-order chi connectivity index (χ0) is 15.0. The van der Waals surface area contributed by atoms with Gasteiger partial charge >= 0.3 is 7.12 Å². The minimum absolute atomic E-state index is 0.205. The average Bonchev–Trinajstić information content (AvgIpc) is 2.60. The summed E-state index contributed by atoms with van der Waals surface area (Å²) in [6.07, 6.45) is 1.99. The molecule has 108 valence electrons. The highest BCUT2D eigenvalue weighted by atomic mass is 16.7. The first-order valence-corrected chi connectivity index (χ1v) is 7.31. The maximum atomic E-state index is 6.16. The van der Waals surface area contributed by atoms with Crippen LogP contribution in [0.1, 0.15) is 46.1 Å². The summed E-state index contributed by atoms with van der Waals surface area (Å²) in [5.41, 5.74) is 0.688. The fourth-order valence-corrected chi connectivity index (χ4v) is 2.60. The standard InChI is InChI=1S/C17H25BO2/c1-7-15(14-11-9-8-10-12-14)13(2)18-19-16(3,4)17(5,6)20-18/h7-13,15H,1H2,2-6H3/t13-,15+/m1/s1. The third-order valence-electron chi connectivity index (χ3n) is 4.71. The molecule has 0 unspecified atom stereocenters. The van der Waals surface area contributed by atoms with Crippen molar-refractivity contribution in [3.05, 3.63) is 48.6 Å². The van der Waals surface area contributed by atoms with Gasteiger partial charge in [-0.05, 0) is 33.3 Å². The van der Waals surface area contributed by atoms with Crippen molar-refractivity contribution in [3.63, 3.8) is 0 Å². The van der Waals surface area contributed by atoms with Gasteiger partial charge in [-0.3, -0.25) is 0 Å². The van der Waals surface area contributed by atoms with E-state index in [2.05, 4.69) is 65.5 Å². The second kappa shape index (κ2) is 5.38. The molecular formula is C17H25BO2. The summed E-state index contributed by atoms with van der Waals surface area (Å²) in [6, 6.07) is 10.4. The Kier molecular flexibility index (Phi) is 4.13. The van der Waals surface area contributed by atoms with Crippen LogP contribution < -0.4 is 0 Å². The van der Waals surface area contributed by atoms with E-state index in [0.29, 0.717) is 0 Å². The quantitative estimate of drug-likeness (QED) is 0.596. The van der Waals surface area contributed by atoms with E-state index in [-0.39, 0.29) is 30.1 Å². The van der Waals surface area contributed by atoms with E-state index in [1.165, 1.54) is 5.56 Å². The van der Waals surface area contributed by atoms with Crippen LogP contribution >= 0.6 is 0 Å². The van der Waals surface area contributed by atoms with Crippen molar-refractivity contribution in [2.24, 2.45) is 0 Å². The molecule has 1 aromatic rings. The molecule has 0 radical (unpaired) electrons. The van der Waals surface area contributed by atoms with E-state index in [1.54, 1.807) is 0 Å². The van der Waals surface area contributed by atoms with Gasteiger partial charge < -0.3 is 9.31 Å². The van der Waals surface area contributed by atoms with Gasteiger partial charge in [0.05, 0.1) is 11.2 Å². The summed E-state index contributed by atoms with van der Waals surface area (Å²) >= 11 is 0. The fraction of sp³-hybridized carbons (Fsp3) is 0.529. The monoisotopic (exact) mass is 272 g/mol. The van der Waals surface area contributed by atoms with Gasteiger partial charge in [-0.15, -0.1) is 6.58 Å². The van der Waals surface area contributed by atoms with Gasteiger partial charge in [0.25, 0.3) is 0 Å². The van der Waals surface area contributed by atoms with Gasteiger partial charge in [-0.25, -0.2) is 0 Å². The SMILES string of the molecule is C=C[C@H](c1ccccc1)[C@@H](C)B1OC(C)(C)C(C)(C)O1. The Hall–Kier alpha value is -1.06. The summed E-state index contributed by atoms with van der Waals surface area (Å²) in [7, 11) is -0.205. The van der Waals surface area contributed by atoms with Crippen molar-refractivity contribution < 1.29 is 9.31 Å². The predicted molar refractivity (Wildman–Crippen MR) is 84.9 cm³/mol. The molecule has 0 aliphatic carbocycles. The van der Waals surface area contributed by atoms with Crippen molar-refractivity contribution in [2.75, 3.05) is 0 Å². The van der Waals surface area contributed by atoms with Crippen molar-refractivity contribution in [2.45, 2.75) is 57.6 Å². The minimum Gasteiger partial charge on any atom is -0.403 e. The smallest absolute Gasteiger partial charge is 0.403 e. The summed E-state index contributed by atoms with van der Waals surface area (Å²) < 4.78 is 12.3. The van der Waals surface area contributed by atoms with Crippen LogP contribution in [0.5, 0.6) is 0 Å². The normalized spacial score (nSPS) is 23.4. The summed E-state index contributed by atoms with van der Waals surface area (Å²) in [5.74, 6) is 0.446. The largest absolute Gasteiger partial charge is 0.461 e. The zero-order valence-corrected chi connectivity index (χ0v) is 13.2. The molecule has 1 aromatic carbocycles. The molecule has 0 aromatic heterocycles. The molecule has 0 amide bonds. The molecular weight excluding hydrogens is 247 g/mol. The number of hydrogen-bond acceptors (Lipinski definition) is 2. The second-order valence-electron chi connectivity index (χ2n) is 6.66. The van der Waals surface area contributed by atoms with Crippen LogP contribution in [0.2, 0.25) is 5.82 Å². The molecule has 1 fully saturated rings. The molecule has 0 spiro atoms. The lowest BCUT2D eigenvalue weighted by atomic mass is 9.64. The third-order valence-corrected chi connectivity index (χ3v) is 4.71. The van der Waals surface area contributed by atoms with Crippen molar-refractivity contribution in [1.29, 1.82) is 0 Å². The van der Waals surface area contributed by atoms with Crippen LogP contribution in [0.4, 0.5) is 0 Å². The van der Waals surface area contributed by atoms with Gasteiger partial charge in [-0.1, -0.05) is 43.3 Å². The minimum atomic E-state index is -0.283. The molecule has 1 saturated heterocycles. The molecule has 2 rings (SSSR count). The summed E-state index contributed by atoms with van der Waals surface area (Å²) in [5, 5.41) is 0. The van der Waals surface area contributed by atoms with Crippen LogP contribution in [0.3, 0.4) is 0 Å². The average molecular weight is 272 g/mol. The van der Waals surface area contributed by atoms with E-state index in [0.717, 1.165) is 0 Å². The molecule has 1 heterocycles. The fourth-order valence-electron chi connectivity index (χ4n) is 2.60. The number of benzene rings is 1. The van der Waals surface area contributed by atoms with E-state index in [9.17, 15) is 0 Å². The number of rotatable bonds is 4. The van der Waals surface area contributed by atoms with Gasteiger partial charge in [0, 0.05) is 11.7 Å². The summed E-state index contributed by atoms with van der Waals surface area (Å²) in [4.78, 5) is 0. The Morgan fingerprint density at radius 2 is 1.55 bits per heavy atom. The first kappa shape index (κ1) is 15.3. The molecule has 0 bridgehead atoms. The first-order valence-electron chi connectivity index (χ1n) is 7.31.